The third-order valence-electron chi connectivity index (χ3n) is 2.97. The molecule has 1 aromatic heterocycles. The number of nitrogens with one attached hydrogen (secondary N) is 1. The van der Waals surface area contributed by atoms with Crippen LogP contribution in [0, 0.1) is 0 Å². The van der Waals surface area contributed by atoms with Gasteiger partial charge in [0.2, 0.25) is 0 Å². The first-order valence-corrected chi connectivity index (χ1v) is 6.53. The molecule has 0 aliphatic carbocycles. The van der Waals surface area contributed by atoms with E-state index in [0.717, 1.165) is 4.90 Å². The van der Waals surface area contributed by atoms with Gasteiger partial charge in [0.05, 0.1) is 6.54 Å². The van der Waals surface area contributed by atoms with E-state index >= 15 is 0 Å². The smallest absolute Gasteiger partial charge is 0.354 e. The fourth-order valence-corrected chi connectivity index (χ4v) is 2.00. The number of carboxylic acids is 1. The molecular formula is C15H15N3O4. The van der Waals surface area contributed by atoms with Gasteiger partial charge in [0.25, 0.3) is 5.91 Å². The molecule has 7 nitrogen and oxygen atoms in total. The summed E-state index contributed by atoms with van der Waals surface area (Å²) >= 11 is 0. The maximum atomic E-state index is 12.3. The maximum absolute atomic E-state index is 12.3. The lowest BCUT2D eigenvalue weighted by Gasteiger charge is -2.13. The number of aromatic amines is 1. The van der Waals surface area contributed by atoms with Crippen LogP contribution < -0.4 is 0 Å². The van der Waals surface area contributed by atoms with E-state index in [1.165, 1.54) is 14.0 Å². The number of ketones is 1. The summed E-state index contributed by atoms with van der Waals surface area (Å²) in [5, 5.41) is 9.23. The molecule has 0 atom stereocenters. The van der Waals surface area contributed by atoms with E-state index in [-0.39, 0.29) is 29.5 Å². The van der Waals surface area contributed by atoms with Crippen LogP contribution >= 0.6 is 0 Å². The van der Waals surface area contributed by atoms with Crippen LogP contribution in [0.4, 0.5) is 0 Å². The van der Waals surface area contributed by atoms with Crippen molar-refractivity contribution in [3.63, 3.8) is 0 Å². The molecule has 0 aliphatic rings. The summed E-state index contributed by atoms with van der Waals surface area (Å²) in [4.78, 5) is 42.6. The van der Waals surface area contributed by atoms with Crippen LogP contribution in [-0.2, 0) is 4.79 Å². The lowest BCUT2D eigenvalue weighted by molar-refractivity contribution is -0.117. The first-order valence-electron chi connectivity index (χ1n) is 6.53. The topological polar surface area (TPSA) is 103 Å². The van der Waals surface area contributed by atoms with Crippen molar-refractivity contribution in [2.75, 3.05) is 13.6 Å². The number of aromatic carboxylic acids is 1. The highest BCUT2D eigenvalue weighted by Gasteiger charge is 2.25. The molecule has 22 heavy (non-hydrogen) atoms. The number of imidazole rings is 1. The quantitative estimate of drug-likeness (QED) is 0.869. The molecule has 1 amide bonds. The highest BCUT2D eigenvalue weighted by molar-refractivity contribution is 6.03. The SMILES string of the molecule is CC(=O)CN(C)C(=O)c1nc(-c2ccccc2)[nH]c1C(=O)O. The van der Waals surface area contributed by atoms with Crippen LogP contribution in [0.15, 0.2) is 30.3 Å². The van der Waals surface area contributed by atoms with Gasteiger partial charge in [-0.05, 0) is 6.92 Å². The minimum atomic E-state index is -1.28. The number of rotatable bonds is 5. The summed E-state index contributed by atoms with van der Waals surface area (Å²) in [6.45, 7) is 1.24. The molecule has 7 heteroatoms. The summed E-state index contributed by atoms with van der Waals surface area (Å²) in [5.41, 5.74) is 0.160. The Morgan fingerprint density at radius 1 is 1.23 bits per heavy atom. The third kappa shape index (κ3) is 3.20. The van der Waals surface area contributed by atoms with Crippen molar-refractivity contribution in [1.29, 1.82) is 0 Å². The average molecular weight is 301 g/mol. The molecular weight excluding hydrogens is 286 g/mol. The first kappa shape index (κ1) is 15.4. The van der Waals surface area contributed by atoms with E-state index in [4.69, 9.17) is 0 Å². The number of likely N-dealkylation sites (N-methyl/N-ethyl adjacent to an activating group) is 1. The van der Waals surface area contributed by atoms with E-state index in [2.05, 4.69) is 9.97 Å². The van der Waals surface area contributed by atoms with Gasteiger partial charge in [-0.25, -0.2) is 9.78 Å². The van der Waals surface area contributed by atoms with E-state index in [0.29, 0.717) is 5.56 Å². The summed E-state index contributed by atoms with van der Waals surface area (Å²) in [6, 6.07) is 8.87. The largest absolute Gasteiger partial charge is 0.477 e. The van der Waals surface area contributed by atoms with Crippen LogP contribution in [0.5, 0.6) is 0 Å². The van der Waals surface area contributed by atoms with Crippen molar-refractivity contribution < 1.29 is 19.5 Å². The fourth-order valence-electron chi connectivity index (χ4n) is 2.00. The van der Waals surface area contributed by atoms with Crippen molar-refractivity contribution in [2.24, 2.45) is 0 Å². The van der Waals surface area contributed by atoms with Gasteiger partial charge in [0.1, 0.15) is 11.6 Å². The lowest BCUT2D eigenvalue weighted by Crippen LogP contribution is -2.32. The second-order valence-electron chi connectivity index (χ2n) is 4.84. The number of hydrogen-bond acceptors (Lipinski definition) is 4. The zero-order valence-electron chi connectivity index (χ0n) is 12.2. The normalized spacial score (nSPS) is 10.3. The number of carbonyl (C=O) groups excluding carboxylic acids is 2. The average Bonchev–Trinajstić information content (AvgIpc) is 2.92. The molecule has 1 heterocycles. The number of carbonyl (C=O) groups is 3. The fraction of sp³-hybridized carbons (Fsp3) is 0.200. The number of hydrogen-bond donors (Lipinski definition) is 2. The molecule has 1 aromatic carbocycles. The zero-order valence-corrected chi connectivity index (χ0v) is 12.2. The molecule has 2 aromatic rings. The standard InChI is InChI=1S/C15H15N3O4/c1-9(19)8-18(2)14(20)11-12(15(21)22)17-13(16-11)10-6-4-3-5-7-10/h3-7H,8H2,1-2H3,(H,16,17)(H,21,22). The van der Waals surface area contributed by atoms with Gasteiger partial charge in [0, 0.05) is 12.6 Å². The van der Waals surface area contributed by atoms with Gasteiger partial charge in [-0.3, -0.25) is 9.59 Å². The van der Waals surface area contributed by atoms with Gasteiger partial charge in [-0.15, -0.1) is 0 Å². The molecule has 0 saturated heterocycles. The molecule has 0 spiro atoms. The zero-order chi connectivity index (χ0) is 16.3. The Kier molecular flexibility index (Phi) is 4.36. The van der Waals surface area contributed by atoms with Crippen LogP contribution in [0.25, 0.3) is 11.4 Å². The molecule has 0 fully saturated rings. The number of H-pyrrole nitrogens is 1. The molecule has 0 aliphatic heterocycles. The number of amides is 1. The van der Waals surface area contributed by atoms with Crippen molar-refractivity contribution in [3.05, 3.63) is 41.7 Å². The minimum absolute atomic E-state index is 0.106. The Labute approximate surface area is 126 Å². The first-order chi connectivity index (χ1) is 10.4. The van der Waals surface area contributed by atoms with E-state index < -0.39 is 11.9 Å². The van der Waals surface area contributed by atoms with Gasteiger partial charge < -0.3 is 15.0 Å². The van der Waals surface area contributed by atoms with Crippen LogP contribution in [-0.4, -0.2) is 51.2 Å². The molecule has 0 saturated carbocycles. The van der Waals surface area contributed by atoms with Gasteiger partial charge in [-0.2, -0.15) is 0 Å². The van der Waals surface area contributed by atoms with Crippen LogP contribution in [0.2, 0.25) is 0 Å². The number of aromatic nitrogens is 2. The molecule has 2 rings (SSSR count). The van der Waals surface area contributed by atoms with Crippen LogP contribution in [0.3, 0.4) is 0 Å². The molecule has 2 N–H and O–H groups in total. The van der Waals surface area contributed by atoms with Crippen molar-refractivity contribution in [1.82, 2.24) is 14.9 Å². The van der Waals surface area contributed by atoms with E-state index in [1.54, 1.807) is 24.3 Å². The second kappa shape index (κ2) is 6.21. The van der Waals surface area contributed by atoms with Gasteiger partial charge >= 0.3 is 5.97 Å². The van der Waals surface area contributed by atoms with Gasteiger partial charge in [0.15, 0.2) is 11.4 Å². The van der Waals surface area contributed by atoms with Gasteiger partial charge in [-0.1, -0.05) is 30.3 Å². The number of benzene rings is 1. The highest BCUT2D eigenvalue weighted by Crippen LogP contribution is 2.19. The summed E-state index contributed by atoms with van der Waals surface area (Å²) in [5.74, 6) is -1.82. The summed E-state index contributed by atoms with van der Waals surface area (Å²) < 4.78 is 0. The second-order valence-corrected chi connectivity index (χ2v) is 4.84. The van der Waals surface area contributed by atoms with Crippen molar-refractivity contribution >= 4 is 17.7 Å². The van der Waals surface area contributed by atoms with Crippen molar-refractivity contribution in [2.45, 2.75) is 6.92 Å². The Hall–Kier alpha value is -2.96. The Morgan fingerprint density at radius 3 is 2.41 bits per heavy atom. The summed E-state index contributed by atoms with van der Waals surface area (Å²) in [6.07, 6.45) is 0. The number of carboxylic acid groups (broad SMARTS) is 1. The molecule has 0 unspecified atom stereocenters. The molecule has 114 valence electrons. The Morgan fingerprint density at radius 2 is 1.86 bits per heavy atom. The lowest BCUT2D eigenvalue weighted by atomic mass is 10.2. The van der Waals surface area contributed by atoms with E-state index in [9.17, 15) is 19.5 Å². The number of Topliss-reactive ketones (excluding diaryl/α,β-unsaturated/α-hetero) is 1. The minimum Gasteiger partial charge on any atom is -0.477 e. The maximum Gasteiger partial charge on any atom is 0.354 e. The Bertz CT molecular complexity index is 722. The predicted molar refractivity (Wildman–Crippen MR) is 78.6 cm³/mol. The molecule has 0 bridgehead atoms. The third-order valence-corrected chi connectivity index (χ3v) is 2.97. The van der Waals surface area contributed by atoms with E-state index in [1.807, 2.05) is 6.07 Å². The monoisotopic (exact) mass is 301 g/mol. The highest BCUT2D eigenvalue weighted by atomic mass is 16.4. The number of nitrogens with zero attached hydrogens (tertiary/aromatic N) is 2. The Balaban J connectivity index is 2.42. The van der Waals surface area contributed by atoms with Crippen molar-refractivity contribution in [3.8, 4) is 11.4 Å². The molecule has 0 radical (unpaired) electrons. The summed E-state index contributed by atoms with van der Waals surface area (Å²) in [7, 11) is 1.42. The van der Waals surface area contributed by atoms with Crippen LogP contribution in [0.1, 0.15) is 27.9 Å². The predicted octanol–water partition coefficient (Wildman–Crippen LogP) is 1.44.